The second-order valence-electron chi connectivity index (χ2n) is 5.83. The van der Waals surface area contributed by atoms with Gasteiger partial charge in [0.05, 0.1) is 17.9 Å². The van der Waals surface area contributed by atoms with Gasteiger partial charge in [0.15, 0.2) is 0 Å². The molecule has 0 fully saturated rings. The molecule has 0 amide bonds. The zero-order valence-electron chi connectivity index (χ0n) is 14.5. The summed E-state index contributed by atoms with van der Waals surface area (Å²) in [5.74, 6) is 1.40. The Hall–Kier alpha value is -2.55. The smallest absolute Gasteiger partial charge is 0.251 e. The number of nitrogens with one attached hydrogen (secondary N) is 2. The van der Waals surface area contributed by atoms with E-state index >= 15 is 0 Å². The molecule has 0 aliphatic rings. The predicted octanol–water partition coefficient (Wildman–Crippen LogP) is 1.86. The number of nitrogens with zero attached hydrogens (tertiary/aromatic N) is 2. The fraction of sp³-hybridized carbons (Fsp3) is 0.278. The molecule has 26 heavy (non-hydrogen) atoms. The van der Waals surface area contributed by atoms with Gasteiger partial charge in [0.1, 0.15) is 23.2 Å². The molecule has 2 heterocycles. The Morgan fingerprint density at radius 1 is 1.19 bits per heavy atom. The minimum Gasteiger partial charge on any atom is -0.486 e. The molecule has 2 aromatic heterocycles. The molecule has 0 atom stereocenters. The van der Waals surface area contributed by atoms with Crippen molar-refractivity contribution in [3.8, 4) is 5.75 Å². The molecule has 0 radical (unpaired) electrons. The first-order valence-electron chi connectivity index (χ1n) is 8.25. The van der Waals surface area contributed by atoms with Gasteiger partial charge in [-0.3, -0.25) is 4.79 Å². The normalized spacial score (nSPS) is 10.8. The monoisotopic (exact) mass is 371 g/mol. The minimum atomic E-state index is -0.193. The van der Waals surface area contributed by atoms with Gasteiger partial charge in [-0.1, -0.05) is 17.7 Å². The van der Waals surface area contributed by atoms with Crippen LogP contribution < -0.4 is 21.3 Å². The molecular weight excluding hydrogens is 350 g/mol. The summed E-state index contributed by atoms with van der Waals surface area (Å²) in [5, 5.41) is 6.13. The van der Waals surface area contributed by atoms with Crippen LogP contribution in [0.3, 0.4) is 0 Å². The Balaban J connectivity index is 1.48. The maximum atomic E-state index is 11.5. The van der Waals surface area contributed by atoms with E-state index in [2.05, 4.69) is 20.3 Å². The van der Waals surface area contributed by atoms with Gasteiger partial charge in [0, 0.05) is 24.5 Å². The Morgan fingerprint density at radius 3 is 2.77 bits per heavy atom. The molecule has 0 aliphatic carbocycles. The second kappa shape index (κ2) is 8.70. The summed E-state index contributed by atoms with van der Waals surface area (Å²) in [4.78, 5) is 23.0. The molecular formula is C18H21N5O2S. The molecule has 8 heteroatoms. The van der Waals surface area contributed by atoms with Crippen LogP contribution in [0.25, 0.3) is 0 Å². The maximum Gasteiger partial charge on any atom is 0.251 e. The summed E-state index contributed by atoms with van der Waals surface area (Å²) < 4.78 is 5.74. The van der Waals surface area contributed by atoms with Crippen molar-refractivity contribution in [1.29, 1.82) is 0 Å². The van der Waals surface area contributed by atoms with Gasteiger partial charge in [-0.2, -0.15) is 0 Å². The van der Waals surface area contributed by atoms with Crippen molar-refractivity contribution < 1.29 is 4.74 Å². The number of aromatic nitrogens is 3. The quantitative estimate of drug-likeness (QED) is 0.558. The molecule has 0 unspecified atom stereocenters. The second-order valence-corrected chi connectivity index (χ2v) is 6.77. The molecule has 1 aromatic carbocycles. The van der Waals surface area contributed by atoms with E-state index < -0.39 is 0 Å². The van der Waals surface area contributed by atoms with Gasteiger partial charge in [0.25, 0.3) is 5.56 Å². The molecule has 0 bridgehead atoms. The average molecular weight is 371 g/mol. The fourth-order valence-electron chi connectivity index (χ4n) is 2.34. The van der Waals surface area contributed by atoms with Crippen LogP contribution in [0.15, 0.2) is 40.5 Å². The van der Waals surface area contributed by atoms with Crippen molar-refractivity contribution in [3.05, 3.63) is 73.8 Å². The third kappa shape index (κ3) is 5.22. The van der Waals surface area contributed by atoms with Crippen LogP contribution >= 0.6 is 11.3 Å². The summed E-state index contributed by atoms with van der Waals surface area (Å²) in [6.45, 7) is 3.75. The van der Waals surface area contributed by atoms with Crippen LogP contribution in [0.1, 0.15) is 27.8 Å². The van der Waals surface area contributed by atoms with Gasteiger partial charge < -0.3 is 20.8 Å². The van der Waals surface area contributed by atoms with E-state index in [1.165, 1.54) is 11.6 Å². The van der Waals surface area contributed by atoms with Crippen molar-refractivity contribution >= 4 is 11.3 Å². The molecule has 0 spiro atoms. The average Bonchev–Trinajstić information content (AvgIpc) is 3.08. The predicted molar refractivity (Wildman–Crippen MR) is 101 cm³/mol. The van der Waals surface area contributed by atoms with Gasteiger partial charge in [-0.25, -0.2) is 9.97 Å². The van der Waals surface area contributed by atoms with E-state index in [9.17, 15) is 4.79 Å². The molecule has 0 aliphatic heterocycles. The lowest BCUT2D eigenvalue weighted by atomic mass is 10.2. The molecule has 4 N–H and O–H groups in total. The van der Waals surface area contributed by atoms with E-state index in [4.69, 9.17) is 10.5 Å². The number of thiazole rings is 1. The lowest BCUT2D eigenvalue weighted by Gasteiger charge is -2.05. The maximum absolute atomic E-state index is 11.5. The minimum absolute atomic E-state index is 0.193. The van der Waals surface area contributed by atoms with Gasteiger partial charge in [-0.15, -0.1) is 11.3 Å². The van der Waals surface area contributed by atoms with E-state index in [1.807, 2.05) is 36.6 Å². The SMILES string of the molecule is Cc1ccc(OCc2nc(CNCc3nc(CN)cc(=O)[nH]3)cs2)cc1. The molecule has 3 rings (SSSR count). The summed E-state index contributed by atoms with van der Waals surface area (Å²) >= 11 is 1.56. The number of rotatable bonds is 8. The summed E-state index contributed by atoms with van der Waals surface area (Å²) in [5.41, 5.74) is 8.04. The van der Waals surface area contributed by atoms with Crippen LogP contribution in [0.2, 0.25) is 0 Å². The van der Waals surface area contributed by atoms with Crippen LogP contribution in [0, 0.1) is 6.92 Å². The lowest BCUT2D eigenvalue weighted by Crippen LogP contribution is -2.20. The van der Waals surface area contributed by atoms with Crippen molar-refractivity contribution in [2.75, 3.05) is 0 Å². The number of aromatic amines is 1. The summed E-state index contributed by atoms with van der Waals surface area (Å²) in [6, 6.07) is 9.35. The first-order valence-corrected chi connectivity index (χ1v) is 9.13. The number of H-pyrrole nitrogens is 1. The Kier molecular flexibility index (Phi) is 6.11. The number of hydrogen-bond acceptors (Lipinski definition) is 7. The number of ether oxygens (including phenoxy) is 1. The van der Waals surface area contributed by atoms with Gasteiger partial charge in [0.2, 0.25) is 0 Å². The van der Waals surface area contributed by atoms with Crippen LogP contribution in [0.4, 0.5) is 0 Å². The van der Waals surface area contributed by atoms with Crippen molar-refractivity contribution in [3.63, 3.8) is 0 Å². The standard InChI is InChI=1S/C18H21N5O2S/c1-12-2-4-15(5-3-12)25-10-18-22-14(11-26-18)8-20-9-16-21-13(7-19)6-17(24)23-16/h2-6,11,20H,7-10,19H2,1H3,(H,21,23,24). The third-order valence-corrected chi connectivity index (χ3v) is 4.51. The topological polar surface area (TPSA) is 106 Å². The lowest BCUT2D eigenvalue weighted by molar-refractivity contribution is 0.305. The van der Waals surface area contributed by atoms with Crippen molar-refractivity contribution in [2.45, 2.75) is 33.2 Å². The van der Waals surface area contributed by atoms with Crippen molar-refractivity contribution in [2.24, 2.45) is 5.73 Å². The van der Waals surface area contributed by atoms with Crippen LogP contribution in [0.5, 0.6) is 5.75 Å². The molecule has 0 saturated heterocycles. The van der Waals surface area contributed by atoms with Gasteiger partial charge >= 0.3 is 0 Å². The highest BCUT2D eigenvalue weighted by atomic mass is 32.1. The summed E-state index contributed by atoms with van der Waals surface area (Å²) in [6.07, 6.45) is 0. The van der Waals surface area contributed by atoms with E-state index in [0.717, 1.165) is 16.5 Å². The molecule has 3 aromatic rings. The Morgan fingerprint density at radius 2 is 2.00 bits per heavy atom. The van der Waals surface area contributed by atoms with E-state index in [-0.39, 0.29) is 12.1 Å². The van der Waals surface area contributed by atoms with Crippen molar-refractivity contribution in [1.82, 2.24) is 20.3 Å². The number of benzene rings is 1. The first kappa shape index (κ1) is 18.2. The number of hydrogen-bond donors (Lipinski definition) is 3. The van der Waals surface area contributed by atoms with Gasteiger partial charge in [-0.05, 0) is 19.1 Å². The highest BCUT2D eigenvalue weighted by molar-refractivity contribution is 7.09. The number of aryl methyl sites for hydroxylation is 1. The molecule has 136 valence electrons. The Labute approximate surface area is 155 Å². The first-order chi connectivity index (χ1) is 12.6. The zero-order valence-corrected chi connectivity index (χ0v) is 15.3. The third-order valence-electron chi connectivity index (χ3n) is 3.63. The van der Waals surface area contributed by atoms with E-state index in [0.29, 0.717) is 31.2 Å². The highest BCUT2D eigenvalue weighted by Crippen LogP contribution is 2.16. The highest BCUT2D eigenvalue weighted by Gasteiger charge is 2.05. The summed E-state index contributed by atoms with van der Waals surface area (Å²) in [7, 11) is 0. The Bertz CT molecular complexity index is 904. The fourth-order valence-corrected chi connectivity index (χ4v) is 3.04. The zero-order chi connectivity index (χ0) is 18.4. The largest absolute Gasteiger partial charge is 0.486 e. The van der Waals surface area contributed by atoms with Crippen LogP contribution in [-0.2, 0) is 26.2 Å². The number of nitrogens with two attached hydrogens (primary N) is 1. The van der Waals surface area contributed by atoms with Crippen LogP contribution in [-0.4, -0.2) is 15.0 Å². The van der Waals surface area contributed by atoms with E-state index in [1.54, 1.807) is 11.3 Å². The molecule has 7 nitrogen and oxygen atoms in total. The molecule has 0 saturated carbocycles.